The highest BCUT2D eigenvalue weighted by Gasteiger charge is 2.17. The van der Waals surface area contributed by atoms with Gasteiger partial charge in [-0.25, -0.2) is 4.98 Å². The van der Waals surface area contributed by atoms with E-state index in [0.29, 0.717) is 5.15 Å². The van der Waals surface area contributed by atoms with E-state index in [2.05, 4.69) is 22.1 Å². The van der Waals surface area contributed by atoms with Gasteiger partial charge in [-0.2, -0.15) is 0 Å². The summed E-state index contributed by atoms with van der Waals surface area (Å²) in [5.74, 6) is 0.782. The molecule has 1 fully saturated rings. The van der Waals surface area contributed by atoms with Gasteiger partial charge in [0.1, 0.15) is 5.15 Å². The highest BCUT2D eigenvalue weighted by molar-refractivity contribution is 6.29. The Hall–Kier alpha value is -0.800. The lowest BCUT2D eigenvalue weighted by atomic mass is 9.97. The van der Waals surface area contributed by atoms with Crippen LogP contribution in [0.3, 0.4) is 0 Å². The van der Waals surface area contributed by atoms with E-state index in [9.17, 15) is 0 Å². The van der Waals surface area contributed by atoms with Crippen LogP contribution in [0.25, 0.3) is 0 Å². The predicted molar refractivity (Wildman–Crippen MR) is 72.6 cm³/mol. The second kappa shape index (κ2) is 6.22. The number of pyridine rings is 1. The third-order valence-electron chi connectivity index (χ3n) is 3.48. The average Bonchev–Trinajstić information content (AvgIpc) is 2.37. The first-order chi connectivity index (χ1) is 8.28. The zero-order valence-electron chi connectivity index (χ0n) is 10.3. The van der Waals surface area contributed by atoms with Crippen LogP contribution in [0.4, 0.5) is 5.69 Å². The third-order valence-corrected chi connectivity index (χ3v) is 3.68. The van der Waals surface area contributed by atoms with E-state index < -0.39 is 0 Å². The minimum absolute atomic E-state index is 0.552. The molecule has 1 aliphatic heterocycles. The SMILES string of the molecule is CCN1CCC(CNc2ccnc(Cl)c2)CC1. The maximum absolute atomic E-state index is 5.85. The van der Waals surface area contributed by atoms with Crippen LogP contribution in [0.2, 0.25) is 5.15 Å². The Balaban J connectivity index is 1.76. The van der Waals surface area contributed by atoms with E-state index in [1.807, 2.05) is 12.1 Å². The molecule has 17 heavy (non-hydrogen) atoms. The summed E-state index contributed by atoms with van der Waals surface area (Å²) in [5.41, 5.74) is 1.07. The fraction of sp³-hybridized carbons (Fsp3) is 0.615. The number of piperidine rings is 1. The van der Waals surface area contributed by atoms with Gasteiger partial charge >= 0.3 is 0 Å². The lowest BCUT2D eigenvalue weighted by molar-refractivity contribution is 0.198. The van der Waals surface area contributed by atoms with Gasteiger partial charge in [0, 0.05) is 18.4 Å². The number of halogens is 1. The van der Waals surface area contributed by atoms with Crippen molar-refractivity contribution >= 4 is 17.3 Å². The van der Waals surface area contributed by atoms with Gasteiger partial charge in [-0.1, -0.05) is 18.5 Å². The molecule has 2 heterocycles. The number of hydrogen-bond acceptors (Lipinski definition) is 3. The topological polar surface area (TPSA) is 28.2 Å². The number of hydrogen-bond donors (Lipinski definition) is 1. The van der Waals surface area contributed by atoms with E-state index in [1.165, 1.54) is 32.5 Å². The maximum Gasteiger partial charge on any atom is 0.131 e. The molecule has 0 bridgehead atoms. The summed E-state index contributed by atoms with van der Waals surface area (Å²) in [4.78, 5) is 6.49. The number of aromatic nitrogens is 1. The van der Waals surface area contributed by atoms with Crippen molar-refractivity contribution in [1.82, 2.24) is 9.88 Å². The highest BCUT2D eigenvalue weighted by Crippen LogP contribution is 2.18. The van der Waals surface area contributed by atoms with E-state index in [0.717, 1.165) is 18.2 Å². The highest BCUT2D eigenvalue weighted by atomic mass is 35.5. The van der Waals surface area contributed by atoms with Crippen molar-refractivity contribution in [3.05, 3.63) is 23.5 Å². The largest absolute Gasteiger partial charge is 0.385 e. The first-order valence-corrected chi connectivity index (χ1v) is 6.73. The van der Waals surface area contributed by atoms with Crippen LogP contribution in [0, 0.1) is 5.92 Å². The van der Waals surface area contributed by atoms with E-state index in [-0.39, 0.29) is 0 Å². The minimum atomic E-state index is 0.552. The van der Waals surface area contributed by atoms with Gasteiger partial charge in [0.2, 0.25) is 0 Å². The summed E-state index contributed by atoms with van der Waals surface area (Å²) in [7, 11) is 0. The first kappa shape index (κ1) is 12.7. The molecule has 2 rings (SSSR count). The second-order valence-electron chi connectivity index (χ2n) is 4.63. The zero-order chi connectivity index (χ0) is 12.1. The smallest absolute Gasteiger partial charge is 0.131 e. The number of anilines is 1. The molecule has 0 amide bonds. The molecule has 0 radical (unpaired) electrons. The summed E-state index contributed by atoms with van der Waals surface area (Å²) in [6.07, 6.45) is 4.32. The van der Waals surface area contributed by atoms with Crippen molar-refractivity contribution in [2.75, 3.05) is 31.5 Å². The summed E-state index contributed by atoms with van der Waals surface area (Å²) in [6.45, 7) is 6.93. The van der Waals surface area contributed by atoms with Crippen molar-refractivity contribution in [3.8, 4) is 0 Å². The summed E-state index contributed by atoms with van der Waals surface area (Å²) < 4.78 is 0. The molecule has 0 unspecified atom stereocenters. The van der Waals surface area contributed by atoms with Crippen molar-refractivity contribution in [3.63, 3.8) is 0 Å². The van der Waals surface area contributed by atoms with Gasteiger partial charge in [0.15, 0.2) is 0 Å². The predicted octanol–water partition coefficient (Wildman–Crippen LogP) is 2.88. The molecule has 4 heteroatoms. The fourth-order valence-electron chi connectivity index (χ4n) is 2.28. The Bertz CT molecular complexity index is 348. The quantitative estimate of drug-likeness (QED) is 0.837. The molecule has 0 aromatic carbocycles. The molecule has 1 N–H and O–H groups in total. The van der Waals surface area contributed by atoms with Gasteiger partial charge < -0.3 is 10.2 Å². The normalized spacial score (nSPS) is 18.2. The van der Waals surface area contributed by atoms with E-state index in [4.69, 9.17) is 11.6 Å². The summed E-state index contributed by atoms with van der Waals surface area (Å²) >= 11 is 5.85. The number of nitrogens with one attached hydrogen (secondary N) is 1. The summed E-state index contributed by atoms with van der Waals surface area (Å²) in [6, 6.07) is 3.84. The van der Waals surface area contributed by atoms with Gasteiger partial charge in [-0.05, 0) is 50.5 Å². The summed E-state index contributed by atoms with van der Waals surface area (Å²) in [5, 5.41) is 4.00. The fourth-order valence-corrected chi connectivity index (χ4v) is 2.46. The molecule has 1 aromatic rings. The maximum atomic E-state index is 5.85. The van der Waals surface area contributed by atoms with Crippen LogP contribution in [0.5, 0.6) is 0 Å². The monoisotopic (exact) mass is 253 g/mol. The van der Waals surface area contributed by atoms with Crippen LogP contribution in [-0.2, 0) is 0 Å². The van der Waals surface area contributed by atoms with Crippen molar-refractivity contribution in [1.29, 1.82) is 0 Å². The van der Waals surface area contributed by atoms with Gasteiger partial charge in [-0.3, -0.25) is 0 Å². The Morgan fingerprint density at radius 3 is 2.88 bits per heavy atom. The van der Waals surface area contributed by atoms with Crippen LogP contribution < -0.4 is 5.32 Å². The number of nitrogens with zero attached hydrogens (tertiary/aromatic N) is 2. The molecule has 0 aliphatic carbocycles. The van der Waals surface area contributed by atoms with Crippen LogP contribution in [0.1, 0.15) is 19.8 Å². The van der Waals surface area contributed by atoms with Gasteiger partial charge in [0.05, 0.1) is 0 Å². The van der Waals surface area contributed by atoms with E-state index >= 15 is 0 Å². The van der Waals surface area contributed by atoms with Crippen LogP contribution >= 0.6 is 11.6 Å². The molecule has 0 saturated carbocycles. The molecule has 3 nitrogen and oxygen atoms in total. The minimum Gasteiger partial charge on any atom is -0.385 e. The Morgan fingerprint density at radius 2 is 2.24 bits per heavy atom. The molecule has 0 atom stereocenters. The second-order valence-corrected chi connectivity index (χ2v) is 5.01. The molecule has 0 spiro atoms. The third kappa shape index (κ3) is 3.86. The first-order valence-electron chi connectivity index (χ1n) is 6.35. The van der Waals surface area contributed by atoms with Crippen molar-refractivity contribution < 1.29 is 0 Å². The molecule has 1 saturated heterocycles. The molecule has 94 valence electrons. The lowest BCUT2D eigenvalue weighted by Crippen LogP contribution is -2.35. The Morgan fingerprint density at radius 1 is 1.47 bits per heavy atom. The number of likely N-dealkylation sites (tertiary alicyclic amines) is 1. The Kier molecular flexibility index (Phi) is 4.63. The molecular weight excluding hydrogens is 234 g/mol. The van der Waals surface area contributed by atoms with Crippen molar-refractivity contribution in [2.45, 2.75) is 19.8 Å². The van der Waals surface area contributed by atoms with E-state index in [1.54, 1.807) is 6.20 Å². The Labute approximate surface area is 108 Å². The van der Waals surface area contributed by atoms with Crippen LogP contribution in [-0.4, -0.2) is 36.1 Å². The van der Waals surface area contributed by atoms with Crippen LogP contribution in [0.15, 0.2) is 18.3 Å². The lowest BCUT2D eigenvalue weighted by Gasteiger charge is -2.31. The van der Waals surface area contributed by atoms with Gasteiger partial charge in [0.25, 0.3) is 0 Å². The van der Waals surface area contributed by atoms with Crippen molar-refractivity contribution in [2.24, 2.45) is 5.92 Å². The number of rotatable bonds is 4. The standard InChI is InChI=1S/C13H20ClN3/c1-2-17-7-4-11(5-8-17)10-16-12-3-6-15-13(14)9-12/h3,6,9,11H,2,4-5,7-8,10H2,1H3,(H,15,16). The molecule has 1 aromatic heterocycles. The molecular formula is C13H20ClN3. The van der Waals surface area contributed by atoms with Gasteiger partial charge in [-0.15, -0.1) is 0 Å². The molecule has 1 aliphatic rings. The zero-order valence-corrected chi connectivity index (χ0v) is 11.1. The average molecular weight is 254 g/mol.